The molecule has 0 heterocycles. The van der Waals surface area contributed by atoms with Crippen molar-refractivity contribution in [1.29, 1.82) is 0 Å². The molecule has 18 heavy (non-hydrogen) atoms. The molecule has 3 N–H and O–H groups in total. The Hall–Kier alpha value is -2.37. The summed E-state index contributed by atoms with van der Waals surface area (Å²) in [7, 11) is 0. The maximum atomic E-state index is 11.5. The molecule has 1 aromatic rings. The van der Waals surface area contributed by atoms with E-state index < -0.39 is 17.8 Å². The zero-order chi connectivity index (χ0) is 13.5. The smallest absolute Gasteiger partial charge is 0.335 e. The average molecular weight is 251 g/mol. The van der Waals surface area contributed by atoms with Gasteiger partial charge in [-0.1, -0.05) is 18.2 Å². The molecule has 0 unspecified atom stereocenters. The molecule has 0 atom stereocenters. The number of carboxylic acid groups (broad SMARTS) is 2. The van der Waals surface area contributed by atoms with Crippen molar-refractivity contribution in [3.8, 4) is 0 Å². The summed E-state index contributed by atoms with van der Waals surface area (Å²) >= 11 is 0. The van der Waals surface area contributed by atoms with Gasteiger partial charge in [0.15, 0.2) is 0 Å². The van der Waals surface area contributed by atoms with E-state index in [-0.39, 0.29) is 24.9 Å². The number of carboxylic acids is 2. The van der Waals surface area contributed by atoms with E-state index in [1.165, 1.54) is 6.07 Å². The largest absolute Gasteiger partial charge is 0.481 e. The summed E-state index contributed by atoms with van der Waals surface area (Å²) in [5, 5.41) is 19.7. The summed E-state index contributed by atoms with van der Waals surface area (Å²) in [5.74, 6) is -2.49. The lowest BCUT2D eigenvalue weighted by molar-refractivity contribution is -0.136. The van der Waals surface area contributed by atoms with E-state index in [2.05, 4.69) is 5.32 Å². The fourth-order valence-corrected chi connectivity index (χ4v) is 1.43. The topological polar surface area (TPSA) is 104 Å². The number of carbonyl (C=O) groups excluding carboxylic acids is 1. The van der Waals surface area contributed by atoms with Gasteiger partial charge >= 0.3 is 11.9 Å². The van der Waals surface area contributed by atoms with E-state index >= 15 is 0 Å². The summed E-state index contributed by atoms with van der Waals surface area (Å²) in [4.78, 5) is 32.6. The first-order chi connectivity index (χ1) is 8.50. The normalized spacial score (nSPS) is 9.78. The number of aliphatic carboxylic acids is 1. The molecule has 1 rings (SSSR count). The molecule has 6 nitrogen and oxygen atoms in total. The second-order valence-corrected chi connectivity index (χ2v) is 3.63. The van der Waals surface area contributed by atoms with E-state index in [0.717, 1.165) is 0 Å². The number of benzene rings is 1. The lowest BCUT2D eigenvalue weighted by atomic mass is 10.0. The molecule has 6 heteroatoms. The average Bonchev–Trinajstić information content (AvgIpc) is 2.28. The summed E-state index contributed by atoms with van der Waals surface area (Å²) < 4.78 is 0. The molecule has 0 spiro atoms. The van der Waals surface area contributed by atoms with Gasteiger partial charge < -0.3 is 15.5 Å². The van der Waals surface area contributed by atoms with Gasteiger partial charge in [0.05, 0.1) is 18.4 Å². The van der Waals surface area contributed by atoms with Crippen LogP contribution in [0.4, 0.5) is 0 Å². The molecule has 0 radical (unpaired) electrons. The van der Waals surface area contributed by atoms with Crippen LogP contribution in [0, 0.1) is 0 Å². The summed E-state index contributed by atoms with van der Waals surface area (Å²) in [6.45, 7) is 0.0312. The predicted molar refractivity (Wildman–Crippen MR) is 62.4 cm³/mol. The van der Waals surface area contributed by atoms with Gasteiger partial charge in [-0.05, 0) is 11.6 Å². The molecule has 1 aromatic carbocycles. The van der Waals surface area contributed by atoms with Crippen molar-refractivity contribution in [1.82, 2.24) is 5.32 Å². The van der Waals surface area contributed by atoms with E-state index in [0.29, 0.717) is 5.56 Å². The second kappa shape index (κ2) is 6.39. The molecule has 0 fully saturated rings. The van der Waals surface area contributed by atoms with Crippen LogP contribution in [0.5, 0.6) is 0 Å². The first-order valence-corrected chi connectivity index (χ1v) is 5.30. The van der Waals surface area contributed by atoms with Gasteiger partial charge in [-0.3, -0.25) is 9.59 Å². The fraction of sp³-hybridized carbons (Fsp3) is 0.250. The highest BCUT2D eigenvalue weighted by Gasteiger charge is 2.12. The summed E-state index contributed by atoms with van der Waals surface area (Å²) in [6, 6.07) is 6.20. The Balaban J connectivity index is 2.59. The van der Waals surface area contributed by atoms with Crippen LogP contribution in [0.2, 0.25) is 0 Å². The molecule has 0 saturated heterocycles. The van der Waals surface area contributed by atoms with Crippen LogP contribution < -0.4 is 5.32 Å². The van der Waals surface area contributed by atoms with Gasteiger partial charge in [0.1, 0.15) is 0 Å². The highest BCUT2D eigenvalue weighted by molar-refractivity contribution is 5.91. The van der Waals surface area contributed by atoms with Gasteiger partial charge in [0.2, 0.25) is 5.91 Å². The molecular weight excluding hydrogens is 238 g/mol. The Morgan fingerprint density at radius 2 is 1.78 bits per heavy atom. The second-order valence-electron chi connectivity index (χ2n) is 3.63. The van der Waals surface area contributed by atoms with Crippen LogP contribution in [-0.4, -0.2) is 34.6 Å². The first-order valence-electron chi connectivity index (χ1n) is 5.30. The van der Waals surface area contributed by atoms with E-state index in [1.807, 2.05) is 0 Å². The van der Waals surface area contributed by atoms with Crippen LogP contribution in [0.3, 0.4) is 0 Å². The summed E-state index contributed by atoms with van der Waals surface area (Å²) in [5.41, 5.74) is 0.476. The van der Waals surface area contributed by atoms with E-state index in [9.17, 15) is 14.4 Å². The van der Waals surface area contributed by atoms with Gasteiger partial charge in [0, 0.05) is 6.54 Å². The van der Waals surface area contributed by atoms with Gasteiger partial charge in [0.25, 0.3) is 0 Å². The molecule has 0 aromatic heterocycles. The lowest BCUT2D eigenvalue weighted by Crippen LogP contribution is -2.28. The molecule has 1 amide bonds. The van der Waals surface area contributed by atoms with Gasteiger partial charge in [-0.2, -0.15) is 0 Å². The minimum atomic E-state index is -1.09. The fourth-order valence-electron chi connectivity index (χ4n) is 1.43. The van der Waals surface area contributed by atoms with Crippen molar-refractivity contribution in [2.75, 3.05) is 6.54 Å². The molecule has 96 valence electrons. The number of hydrogen-bond donors (Lipinski definition) is 3. The minimum absolute atomic E-state index is 0.0312. The lowest BCUT2D eigenvalue weighted by Gasteiger charge is -2.06. The van der Waals surface area contributed by atoms with E-state index in [1.54, 1.807) is 18.2 Å². The minimum Gasteiger partial charge on any atom is -0.481 e. The third kappa shape index (κ3) is 4.25. The Bertz CT molecular complexity index is 469. The predicted octanol–water partition coefficient (Wildman–Crippen LogP) is 0.518. The Morgan fingerprint density at radius 3 is 2.39 bits per heavy atom. The number of carbonyl (C=O) groups is 3. The third-order valence-electron chi connectivity index (χ3n) is 2.26. The molecule has 0 bridgehead atoms. The Kier molecular flexibility index (Phi) is 4.86. The number of nitrogens with one attached hydrogen (secondary N) is 1. The molecular formula is C12H13NO5. The van der Waals surface area contributed by atoms with Crippen LogP contribution in [0.1, 0.15) is 22.3 Å². The monoisotopic (exact) mass is 251 g/mol. The molecule has 0 saturated carbocycles. The first kappa shape index (κ1) is 13.7. The zero-order valence-corrected chi connectivity index (χ0v) is 9.55. The van der Waals surface area contributed by atoms with Crippen LogP contribution in [0.25, 0.3) is 0 Å². The maximum Gasteiger partial charge on any atom is 0.335 e. The van der Waals surface area contributed by atoms with Crippen LogP contribution in [0.15, 0.2) is 24.3 Å². The standard InChI is InChI=1S/C12H13NO5/c14-10(13-6-5-11(15)16)7-8-3-1-2-4-9(8)12(17)18/h1-4H,5-7H2,(H,13,14)(H,15,16)(H,17,18). The maximum absolute atomic E-state index is 11.5. The highest BCUT2D eigenvalue weighted by atomic mass is 16.4. The quantitative estimate of drug-likeness (QED) is 0.683. The van der Waals surface area contributed by atoms with Crippen molar-refractivity contribution >= 4 is 17.8 Å². The van der Waals surface area contributed by atoms with Crippen LogP contribution in [-0.2, 0) is 16.0 Å². The molecule has 0 aliphatic rings. The van der Waals surface area contributed by atoms with Crippen molar-refractivity contribution in [2.24, 2.45) is 0 Å². The van der Waals surface area contributed by atoms with Crippen molar-refractivity contribution in [3.05, 3.63) is 35.4 Å². The third-order valence-corrected chi connectivity index (χ3v) is 2.26. The van der Waals surface area contributed by atoms with E-state index in [4.69, 9.17) is 10.2 Å². The number of hydrogen-bond acceptors (Lipinski definition) is 3. The SMILES string of the molecule is O=C(O)CCNC(=O)Cc1ccccc1C(=O)O. The summed E-state index contributed by atoms with van der Waals surface area (Å²) in [6.07, 6.45) is -0.242. The highest BCUT2D eigenvalue weighted by Crippen LogP contribution is 2.09. The molecule has 0 aliphatic heterocycles. The van der Waals surface area contributed by atoms with Crippen molar-refractivity contribution in [3.63, 3.8) is 0 Å². The number of amides is 1. The van der Waals surface area contributed by atoms with Gasteiger partial charge in [-0.15, -0.1) is 0 Å². The van der Waals surface area contributed by atoms with Crippen molar-refractivity contribution in [2.45, 2.75) is 12.8 Å². The van der Waals surface area contributed by atoms with Gasteiger partial charge in [-0.25, -0.2) is 4.79 Å². The number of rotatable bonds is 6. The Morgan fingerprint density at radius 1 is 1.11 bits per heavy atom. The Labute approximate surface area is 103 Å². The van der Waals surface area contributed by atoms with Crippen LogP contribution >= 0.6 is 0 Å². The zero-order valence-electron chi connectivity index (χ0n) is 9.55. The number of aromatic carboxylic acids is 1. The van der Waals surface area contributed by atoms with Crippen molar-refractivity contribution < 1.29 is 24.6 Å². The molecule has 0 aliphatic carbocycles.